The monoisotopic (exact) mass is 232 g/mol. The fourth-order valence-electron chi connectivity index (χ4n) is 2.04. The molecule has 2 rings (SSSR count). The van der Waals surface area contributed by atoms with Gasteiger partial charge in [-0.3, -0.25) is 14.6 Å². The molecule has 0 unspecified atom stereocenters. The lowest BCUT2D eigenvalue weighted by Crippen LogP contribution is -2.48. The zero-order valence-electron chi connectivity index (χ0n) is 10.1. The molecule has 1 aromatic heterocycles. The minimum Gasteiger partial charge on any atom is -0.336 e. The number of ketones is 1. The summed E-state index contributed by atoms with van der Waals surface area (Å²) in [5, 5.41) is 0. The van der Waals surface area contributed by atoms with Gasteiger partial charge in [-0.05, 0) is 12.1 Å². The van der Waals surface area contributed by atoms with Crippen molar-refractivity contribution in [2.24, 2.45) is 5.41 Å². The van der Waals surface area contributed by atoms with Crippen molar-refractivity contribution in [2.75, 3.05) is 13.1 Å². The molecule has 0 aromatic carbocycles. The van der Waals surface area contributed by atoms with E-state index in [4.69, 9.17) is 0 Å². The quantitative estimate of drug-likeness (QED) is 0.737. The van der Waals surface area contributed by atoms with E-state index in [1.165, 1.54) is 0 Å². The van der Waals surface area contributed by atoms with E-state index >= 15 is 0 Å². The molecule has 1 aromatic rings. The van der Waals surface area contributed by atoms with Gasteiger partial charge in [0.05, 0.1) is 0 Å². The minimum absolute atomic E-state index is 0.0915. The number of pyridine rings is 1. The first-order valence-electron chi connectivity index (χ1n) is 5.74. The van der Waals surface area contributed by atoms with Crippen molar-refractivity contribution in [1.82, 2.24) is 9.88 Å². The van der Waals surface area contributed by atoms with Gasteiger partial charge in [0.25, 0.3) is 5.91 Å². The first-order valence-corrected chi connectivity index (χ1v) is 5.74. The summed E-state index contributed by atoms with van der Waals surface area (Å²) in [5.74, 6) is 0.133. The van der Waals surface area contributed by atoms with Crippen molar-refractivity contribution < 1.29 is 9.59 Å². The molecule has 0 aliphatic carbocycles. The van der Waals surface area contributed by atoms with Crippen LogP contribution >= 0.6 is 0 Å². The minimum atomic E-state index is -0.442. The summed E-state index contributed by atoms with van der Waals surface area (Å²) < 4.78 is 0. The summed E-state index contributed by atoms with van der Waals surface area (Å²) in [5.41, 5.74) is 0.000492. The van der Waals surface area contributed by atoms with Gasteiger partial charge in [0.1, 0.15) is 11.5 Å². The van der Waals surface area contributed by atoms with Crippen LogP contribution in [0, 0.1) is 5.41 Å². The Morgan fingerprint density at radius 1 is 1.41 bits per heavy atom. The third-order valence-corrected chi connectivity index (χ3v) is 3.12. The summed E-state index contributed by atoms with van der Waals surface area (Å²) in [6.45, 7) is 4.74. The van der Waals surface area contributed by atoms with Gasteiger partial charge in [-0.25, -0.2) is 0 Å². The Labute approximate surface area is 101 Å². The highest BCUT2D eigenvalue weighted by Crippen LogP contribution is 2.25. The molecule has 0 saturated carbocycles. The number of piperidine rings is 1. The van der Waals surface area contributed by atoms with Crippen molar-refractivity contribution >= 4 is 11.7 Å². The van der Waals surface area contributed by atoms with Crippen LogP contribution in [0.4, 0.5) is 0 Å². The normalized spacial score (nSPS) is 19.2. The average molecular weight is 232 g/mol. The summed E-state index contributed by atoms with van der Waals surface area (Å²) in [4.78, 5) is 29.6. The Morgan fingerprint density at radius 3 is 2.76 bits per heavy atom. The van der Waals surface area contributed by atoms with E-state index in [-0.39, 0.29) is 11.7 Å². The third-order valence-electron chi connectivity index (χ3n) is 3.12. The number of amides is 1. The van der Waals surface area contributed by atoms with Gasteiger partial charge < -0.3 is 4.90 Å². The van der Waals surface area contributed by atoms with Crippen LogP contribution in [-0.4, -0.2) is 34.7 Å². The van der Waals surface area contributed by atoms with Gasteiger partial charge in [-0.2, -0.15) is 0 Å². The lowest BCUT2D eigenvalue weighted by Gasteiger charge is -2.36. The highest BCUT2D eigenvalue weighted by atomic mass is 16.2. The van der Waals surface area contributed by atoms with Crippen LogP contribution in [-0.2, 0) is 4.79 Å². The third kappa shape index (κ3) is 2.35. The van der Waals surface area contributed by atoms with E-state index < -0.39 is 5.41 Å². The van der Waals surface area contributed by atoms with E-state index in [2.05, 4.69) is 4.98 Å². The Hall–Kier alpha value is -1.71. The standard InChI is InChI=1S/C13H16N2O2/c1-13(2)9-15(8-6-11(13)16)12(17)10-5-3-4-7-14-10/h3-5,7H,6,8-9H2,1-2H3. The van der Waals surface area contributed by atoms with E-state index in [0.717, 1.165) is 0 Å². The average Bonchev–Trinajstić information content (AvgIpc) is 2.33. The van der Waals surface area contributed by atoms with Gasteiger partial charge in [0.2, 0.25) is 0 Å². The molecule has 4 heteroatoms. The topological polar surface area (TPSA) is 50.3 Å². The molecule has 4 nitrogen and oxygen atoms in total. The van der Waals surface area contributed by atoms with Crippen LogP contribution in [0.3, 0.4) is 0 Å². The molecular weight excluding hydrogens is 216 g/mol. The molecule has 0 radical (unpaired) electrons. The molecule has 1 aliphatic heterocycles. The molecule has 0 atom stereocenters. The predicted octanol–water partition coefficient (Wildman–Crippen LogP) is 1.52. The van der Waals surface area contributed by atoms with Crippen LogP contribution in [0.1, 0.15) is 30.8 Å². The number of nitrogens with zero attached hydrogens (tertiary/aromatic N) is 2. The first-order chi connectivity index (χ1) is 8.00. The Bertz CT molecular complexity index is 440. The molecule has 1 amide bonds. The summed E-state index contributed by atoms with van der Waals surface area (Å²) in [6, 6.07) is 5.27. The second kappa shape index (κ2) is 4.28. The fraction of sp³-hybridized carbons (Fsp3) is 0.462. The largest absolute Gasteiger partial charge is 0.336 e. The maximum atomic E-state index is 12.1. The number of hydrogen-bond acceptors (Lipinski definition) is 3. The first kappa shape index (κ1) is 11.8. The SMILES string of the molecule is CC1(C)CN(C(=O)c2ccccn2)CCC1=O. The maximum Gasteiger partial charge on any atom is 0.272 e. The molecule has 1 fully saturated rings. The van der Waals surface area contributed by atoms with Gasteiger partial charge in [0, 0.05) is 31.1 Å². The second-order valence-corrected chi connectivity index (χ2v) is 5.00. The van der Waals surface area contributed by atoms with Crippen LogP contribution in [0.5, 0.6) is 0 Å². The number of likely N-dealkylation sites (tertiary alicyclic amines) is 1. The van der Waals surface area contributed by atoms with Crippen LogP contribution in [0.25, 0.3) is 0 Å². The smallest absolute Gasteiger partial charge is 0.272 e. The van der Waals surface area contributed by atoms with Gasteiger partial charge in [0.15, 0.2) is 0 Å². The van der Waals surface area contributed by atoms with E-state index in [1.807, 2.05) is 13.8 Å². The number of rotatable bonds is 1. The van der Waals surface area contributed by atoms with Crippen molar-refractivity contribution in [3.8, 4) is 0 Å². The van der Waals surface area contributed by atoms with Crippen LogP contribution in [0.15, 0.2) is 24.4 Å². The number of carbonyl (C=O) groups excluding carboxylic acids is 2. The molecule has 17 heavy (non-hydrogen) atoms. The molecule has 0 spiro atoms. The Kier molecular flexibility index (Phi) is 2.96. The molecule has 0 N–H and O–H groups in total. The zero-order chi connectivity index (χ0) is 12.5. The number of hydrogen-bond donors (Lipinski definition) is 0. The Balaban J connectivity index is 2.15. The second-order valence-electron chi connectivity index (χ2n) is 5.00. The van der Waals surface area contributed by atoms with Crippen molar-refractivity contribution in [2.45, 2.75) is 20.3 Å². The highest BCUT2D eigenvalue weighted by molar-refractivity contribution is 5.94. The summed E-state index contributed by atoms with van der Waals surface area (Å²) in [6.07, 6.45) is 2.04. The van der Waals surface area contributed by atoms with Crippen molar-refractivity contribution in [3.05, 3.63) is 30.1 Å². The van der Waals surface area contributed by atoms with Crippen molar-refractivity contribution in [3.63, 3.8) is 0 Å². The van der Waals surface area contributed by atoms with Crippen LogP contribution in [0.2, 0.25) is 0 Å². The zero-order valence-corrected chi connectivity index (χ0v) is 10.1. The van der Waals surface area contributed by atoms with Crippen molar-refractivity contribution in [1.29, 1.82) is 0 Å². The number of aromatic nitrogens is 1. The lowest BCUT2D eigenvalue weighted by atomic mass is 9.82. The number of Topliss-reactive ketones (excluding diaryl/α,β-unsaturated/α-hetero) is 1. The van der Waals surface area contributed by atoms with Gasteiger partial charge >= 0.3 is 0 Å². The molecular formula is C13H16N2O2. The molecule has 2 heterocycles. The summed E-state index contributed by atoms with van der Waals surface area (Å²) in [7, 11) is 0. The van der Waals surface area contributed by atoms with E-state index in [1.54, 1.807) is 29.3 Å². The van der Waals surface area contributed by atoms with E-state index in [9.17, 15) is 9.59 Å². The Morgan fingerprint density at radius 2 is 2.18 bits per heavy atom. The predicted molar refractivity (Wildman–Crippen MR) is 63.5 cm³/mol. The maximum absolute atomic E-state index is 12.1. The fourth-order valence-corrected chi connectivity index (χ4v) is 2.04. The van der Waals surface area contributed by atoms with Crippen LogP contribution < -0.4 is 0 Å². The van der Waals surface area contributed by atoms with E-state index in [0.29, 0.717) is 25.2 Å². The van der Waals surface area contributed by atoms with Gasteiger partial charge in [-0.15, -0.1) is 0 Å². The summed E-state index contributed by atoms with van der Waals surface area (Å²) >= 11 is 0. The van der Waals surface area contributed by atoms with Gasteiger partial charge in [-0.1, -0.05) is 19.9 Å². The molecule has 1 aliphatic rings. The highest BCUT2D eigenvalue weighted by Gasteiger charge is 2.36. The molecule has 90 valence electrons. The molecule has 1 saturated heterocycles. The lowest BCUT2D eigenvalue weighted by molar-refractivity contribution is -0.130. The molecule has 0 bridgehead atoms. The number of carbonyl (C=O) groups is 2.